The van der Waals surface area contributed by atoms with Gasteiger partial charge in [-0.15, -0.1) is 0 Å². The molecule has 1 heterocycles. The minimum absolute atomic E-state index is 0.0570. The number of hydrogen-bond acceptors (Lipinski definition) is 3. The third-order valence-electron chi connectivity index (χ3n) is 3.87. The molecular weight excluding hydrogens is 264 g/mol. The van der Waals surface area contributed by atoms with Gasteiger partial charge in [0, 0.05) is 19.7 Å². The molecule has 20 heavy (non-hydrogen) atoms. The lowest BCUT2D eigenvalue weighted by atomic mass is 10.00. The normalized spacial score (nSPS) is 21.7. The molecule has 110 valence electrons. The summed E-state index contributed by atoms with van der Waals surface area (Å²) in [6.45, 7) is 3.20. The summed E-state index contributed by atoms with van der Waals surface area (Å²) in [5.74, 6) is -1.80. The van der Waals surface area contributed by atoms with Crippen LogP contribution in [0.2, 0.25) is 0 Å². The number of nitrogens with zero attached hydrogens (tertiary/aromatic N) is 1. The molecule has 5 heteroatoms. The van der Waals surface area contributed by atoms with E-state index < -0.39 is 17.7 Å². The van der Waals surface area contributed by atoms with Crippen molar-refractivity contribution >= 4 is 5.78 Å². The Morgan fingerprint density at radius 3 is 2.85 bits per heavy atom. The number of piperidine rings is 1. The molecule has 0 radical (unpaired) electrons. The van der Waals surface area contributed by atoms with E-state index >= 15 is 0 Å². The summed E-state index contributed by atoms with van der Waals surface area (Å²) in [4.78, 5) is 14.3. The fourth-order valence-corrected chi connectivity index (χ4v) is 2.59. The van der Waals surface area contributed by atoms with Gasteiger partial charge < -0.3 is 4.74 Å². The lowest BCUT2D eigenvalue weighted by Crippen LogP contribution is -2.47. The minimum Gasteiger partial charge on any atom is -0.380 e. The number of Topliss-reactive ketones (excluding diaryl/α,β-unsaturated/α-hetero) is 1. The van der Waals surface area contributed by atoms with Crippen LogP contribution < -0.4 is 0 Å². The predicted molar refractivity (Wildman–Crippen MR) is 71.8 cm³/mol. The van der Waals surface area contributed by atoms with Crippen molar-refractivity contribution in [3.8, 4) is 0 Å². The van der Waals surface area contributed by atoms with Crippen molar-refractivity contribution < 1.29 is 18.3 Å². The number of carbonyl (C=O) groups is 1. The maximum atomic E-state index is 13.7. The van der Waals surface area contributed by atoms with E-state index in [0.29, 0.717) is 6.54 Å². The maximum Gasteiger partial charge on any atom is 0.182 e. The molecule has 2 unspecified atom stereocenters. The van der Waals surface area contributed by atoms with Crippen molar-refractivity contribution in [2.45, 2.75) is 31.9 Å². The van der Waals surface area contributed by atoms with E-state index in [0.717, 1.165) is 31.5 Å². The number of carbonyl (C=O) groups excluding carboxylic acids is 1. The number of benzene rings is 1. The average molecular weight is 283 g/mol. The molecular formula is C15H19F2NO2. The van der Waals surface area contributed by atoms with Crippen LogP contribution >= 0.6 is 0 Å². The van der Waals surface area contributed by atoms with E-state index in [1.165, 1.54) is 6.07 Å². The Morgan fingerprint density at radius 1 is 1.45 bits per heavy atom. The largest absolute Gasteiger partial charge is 0.380 e. The highest BCUT2D eigenvalue weighted by molar-refractivity contribution is 6.00. The first-order valence-corrected chi connectivity index (χ1v) is 6.79. The van der Waals surface area contributed by atoms with Crippen LogP contribution in [0.15, 0.2) is 18.2 Å². The number of hydrogen-bond donors (Lipinski definition) is 0. The molecule has 1 aliphatic heterocycles. The van der Waals surface area contributed by atoms with E-state index in [-0.39, 0.29) is 17.5 Å². The zero-order valence-corrected chi connectivity index (χ0v) is 11.7. The van der Waals surface area contributed by atoms with Crippen molar-refractivity contribution in [2.75, 3.05) is 20.2 Å². The molecule has 1 aliphatic rings. The molecule has 1 aromatic rings. The van der Waals surface area contributed by atoms with Gasteiger partial charge in [0.1, 0.15) is 11.6 Å². The summed E-state index contributed by atoms with van der Waals surface area (Å²) in [5.41, 5.74) is -0.0570. The molecule has 0 aliphatic carbocycles. The van der Waals surface area contributed by atoms with Crippen molar-refractivity contribution in [1.29, 1.82) is 0 Å². The van der Waals surface area contributed by atoms with E-state index in [4.69, 9.17) is 4.74 Å². The number of methoxy groups -OCH3 is 1. The van der Waals surface area contributed by atoms with E-state index in [1.807, 2.05) is 4.90 Å². The molecule has 0 aromatic heterocycles. The van der Waals surface area contributed by atoms with E-state index in [1.54, 1.807) is 14.0 Å². The number of ketones is 1. The zero-order valence-electron chi connectivity index (χ0n) is 11.7. The van der Waals surface area contributed by atoms with Gasteiger partial charge in [0.15, 0.2) is 5.78 Å². The summed E-state index contributed by atoms with van der Waals surface area (Å²) in [5, 5.41) is 0. The summed E-state index contributed by atoms with van der Waals surface area (Å²) < 4.78 is 31.9. The lowest BCUT2D eigenvalue weighted by molar-refractivity contribution is 0.0182. The van der Waals surface area contributed by atoms with Crippen molar-refractivity contribution in [3.63, 3.8) is 0 Å². The van der Waals surface area contributed by atoms with Crippen LogP contribution in [0, 0.1) is 11.6 Å². The van der Waals surface area contributed by atoms with Gasteiger partial charge in [0.25, 0.3) is 0 Å². The highest BCUT2D eigenvalue weighted by Gasteiger charge is 2.29. The Morgan fingerprint density at radius 2 is 2.20 bits per heavy atom. The third-order valence-corrected chi connectivity index (χ3v) is 3.87. The van der Waals surface area contributed by atoms with Gasteiger partial charge in [0.2, 0.25) is 0 Å². The fraction of sp³-hybridized carbons (Fsp3) is 0.533. The number of rotatable bonds is 4. The van der Waals surface area contributed by atoms with Crippen molar-refractivity contribution in [1.82, 2.24) is 4.90 Å². The highest BCUT2D eigenvalue weighted by Crippen LogP contribution is 2.19. The Balaban J connectivity index is 2.11. The van der Waals surface area contributed by atoms with Gasteiger partial charge in [-0.25, -0.2) is 8.78 Å². The van der Waals surface area contributed by atoms with Crippen LogP contribution in [0.1, 0.15) is 30.1 Å². The fourth-order valence-electron chi connectivity index (χ4n) is 2.59. The Bertz CT molecular complexity index is 493. The first-order chi connectivity index (χ1) is 9.52. The molecule has 0 spiro atoms. The number of halogens is 2. The topological polar surface area (TPSA) is 29.5 Å². The molecule has 3 nitrogen and oxygen atoms in total. The molecule has 1 fully saturated rings. The van der Waals surface area contributed by atoms with Crippen molar-refractivity contribution in [2.24, 2.45) is 0 Å². The summed E-state index contributed by atoms with van der Waals surface area (Å²) in [6.07, 6.45) is 2.03. The van der Waals surface area contributed by atoms with E-state index in [2.05, 4.69) is 0 Å². The van der Waals surface area contributed by atoms with Crippen LogP contribution in [0.25, 0.3) is 0 Å². The molecule has 1 aromatic carbocycles. The van der Waals surface area contributed by atoms with Gasteiger partial charge in [-0.2, -0.15) is 0 Å². The molecule has 2 rings (SSSR count). The zero-order chi connectivity index (χ0) is 14.7. The average Bonchev–Trinajstić information content (AvgIpc) is 2.46. The summed E-state index contributed by atoms with van der Waals surface area (Å²) in [7, 11) is 1.65. The highest BCUT2D eigenvalue weighted by atomic mass is 19.1. The van der Waals surface area contributed by atoms with Gasteiger partial charge >= 0.3 is 0 Å². The SMILES string of the molecule is COC1CCCN(C(C)C(=O)c2ccc(F)cc2F)C1. The van der Waals surface area contributed by atoms with Crippen LogP contribution in [0.5, 0.6) is 0 Å². The molecule has 0 bridgehead atoms. The Kier molecular flexibility index (Phi) is 4.83. The standard InChI is InChI=1S/C15H19F2NO2/c1-10(18-7-3-4-12(9-18)20-2)15(19)13-6-5-11(16)8-14(13)17/h5-6,8,10,12H,3-4,7,9H2,1-2H3. The quantitative estimate of drug-likeness (QED) is 0.796. The molecule has 0 N–H and O–H groups in total. The van der Waals surface area contributed by atoms with Gasteiger partial charge in [-0.1, -0.05) is 0 Å². The third kappa shape index (κ3) is 3.22. The molecule has 0 amide bonds. The maximum absolute atomic E-state index is 13.7. The first-order valence-electron chi connectivity index (χ1n) is 6.79. The lowest BCUT2D eigenvalue weighted by Gasteiger charge is -2.35. The molecule has 2 atom stereocenters. The number of ether oxygens (including phenoxy) is 1. The van der Waals surface area contributed by atoms with Crippen LogP contribution in [-0.4, -0.2) is 43.0 Å². The van der Waals surface area contributed by atoms with Crippen LogP contribution in [0.3, 0.4) is 0 Å². The van der Waals surface area contributed by atoms with Gasteiger partial charge in [-0.3, -0.25) is 9.69 Å². The second-order valence-electron chi connectivity index (χ2n) is 5.16. The summed E-state index contributed by atoms with van der Waals surface area (Å²) in [6, 6.07) is 2.62. The summed E-state index contributed by atoms with van der Waals surface area (Å²) >= 11 is 0. The van der Waals surface area contributed by atoms with Crippen molar-refractivity contribution in [3.05, 3.63) is 35.4 Å². The van der Waals surface area contributed by atoms with Gasteiger partial charge in [0.05, 0.1) is 17.7 Å². The monoisotopic (exact) mass is 283 g/mol. The second-order valence-corrected chi connectivity index (χ2v) is 5.16. The van der Waals surface area contributed by atoms with Gasteiger partial charge in [-0.05, 0) is 38.4 Å². The second kappa shape index (κ2) is 6.41. The Hall–Kier alpha value is -1.33. The smallest absolute Gasteiger partial charge is 0.182 e. The van der Waals surface area contributed by atoms with E-state index in [9.17, 15) is 13.6 Å². The molecule has 1 saturated heterocycles. The number of likely N-dealkylation sites (tertiary alicyclic amines) is 1. The molecule has 0 saturated carbocycles. The Labute approximate surface area is 117 Å². The predicted octanol–water partition coefficient (Wildman–Crippen LogP) is 2.65. The van der Waals surface area contributed by atoms with Crippen LogP contribution in [-0.2, 0) is 4.74 Å². The van der Waals surface area contributed by atoms with Crippen LogP contribution in [0.4, 0.5) is 8.78 Å². The first kappa shape index (κ1) is 15.1. The minimum atomic E-state index is -0.804.